The van der Waals surface area contributed by atoms with Crippen LogP contribution >= 0.6 is 23.2 Å². The third kappa shape index (κ3) is 5.48. The Bertz CT molecular complexity index is 1210. The standard InChI is InChI=1S/C22H14Cl2N2O6/c23-14-6-9-19(17(10-14)21(28)13-4-2-1-3-5-13)25-20(27)12-32-22(29)16-8-7-15(26(30)31)11-18(16)24/h1-11H,12H2,(H,25,27). The van der Waals surface area contributed by atoms with Gasteiger partial charge < -0.3 is 10.1 Å². The van der Waals surface area contributed by atoms with Crippen molar-refractivity contribution in [3.63, 3.8) is 0 Å². The molecule has 0 aliphatic carbocycles. The van der Waals surface area contributed by atoms with Crippen molar-refractivity contribution in [2.45, 2.75) is 0 Å². The zero-order valence-electron chi connectivity index (χ0n) is 16.2. The summed E-state index contributed by atoms with van der Waals surface area (Å²) in [4.78, 5) is 47.4. The first-order valence-corrected chi connectivity index (χ1v) is 9.82. The van der Waals surface area contributed by atoms with E-state index >= 15 is 0 Å². The van der Waals surface area contributed by atoms with Gasteiger partial charge in [-0.05, 0) is 24.3 Å². The van der Waals surface area contributed by atoms with Crippen LogP contribution in [0.4, 0.5) is 11.4 Å². The highest BCUT2D eigenvalue weighted by molar-refractivity contribution is 6.34. The first-order chi connectivity index (χ1) is 15.3. The van der Waals surface area contributed by atoms with E-state index in [4.69, 9.17) is 27.9 Å². The topological polar surface area (TPSA) is 116 Å². The Morgan fingerprint density at radius 2 is 1.66 bits per heavy atom. The molecule has 0 fully saturated rings. The number of esters is 1. The summed E-state index contributed by atoms with van der Waals surface area (Å²) in [6.07, 6.45) is 0. The summed E-state index contributed by atoms with van der Waals surface area (Å²) in [5.41, 5.74) is 0.350. The molecule has 0 unspecified atom stereocenters. The Balaban J connectivity index is 1.70. The SMILES string of the molecule is O=C(COC(=O)c1ccc([N+](=O)[O-])cc1Cl)Nc1ccc(Cl)cc1C(=O)c1ccccc1. The molecule has 1 amide bonds. The molecule has 3 aromatic carbocycles. The van der Waals surface area contributed by atoms with Crippen LogP contribution in [-0.2, 0) is 9.53 Å². The number of nitrogens with one attached hydrogen (secondary N) is 1. The molecule has 0 aliphatic rings. The molecule has 8 nitrogen and oxygen atoms in total. The zero-order chi connectivity index (χ0) is 23.3. The maximum absolute atomic E-state index is 12.8. The van der Waals surface area contributed by atoms with Gasteiger partial charge in [0.05, 0.1) is 21.2 Å². The van der Waals surface area contributed by atoms with Crippen LogP contribution < -0.4 is 5.32 Å². The number of hydrogen-bond acceptors (Lipinski definition) is 6. The minimum atomic E-state index is -0.934. The number of halogens is 2. The predicted octanol–water partition coefficient (Wildman–Crippen LogP) is 4.93. The Labute approximate surface area is 191 Å². The Kier molecular flexibility index (Phi) is 7.19. The maximum atomic E-state index is 12.8. The third-order valence-corrected chi connectivity index (χ3v) is 4.80. The normalized spacial score (nSPS) is 10.3. The molecule has 0 aromatic heterocycles. The largest absolute Gasteiger partial charge is 0.452 e. The lowest BCUT2D eigenvalue weighted by Crippen LogP contribution is -2.22. The lowest BCUT2D eigenvalue weighted by molar-refractivity contribution is -0.384. The van der Waals surface area contributed by atoms with Crippen molar-refractivity contribution in [2.75, 3.05) is 11.9 Å². The van der Waals surface area contributed by atoms with Gasteiger partial charge in [0.2, 0.25) is 0 Å². The molecule has 0 spiro atoms. The fraction of sp³-hybridized carbons (Fsp3) is 0.0455. The molecule has 0 saturated carbocycles. The van der Waals surface area contributed by atoms with Gasteiger partial charge in [0.1, 0.15) is 0 Å². The van der Waals surface area contributed by atoms with Gasteiger partial charge in [-0.2, -0.15) is 0 Å². The highest BCUT2D eigenvalue weighted by Crippen LogP contribution is 2.25. The smallest absolute Gasteiger partial charge is 0.340 e. The number of hydrogen-bond donors (Lipinski definition) is 1. The number of anilines is 1. The Morgan fingerprint density at radius 3 is 2.31 bits per heavy atom. The fourth-order valence-corrected chi connectivity index (χ4v) is 3.16. The van der Waals surface area contributed by atoms with Crippen molar-refractivity contribution < 1.29 is 24.0 Å². The van der Waals surface area contributed by atoms with Crippen molar-refractivity contribution in [1.29, 1.82) is 0 Å². The fourth-order valence-electron chi connectivity index (χ4n) is 2.74. The van der Waals surface area contributed by atoms with Gasteiger partial charge in [-0.3, -0.25) is 19.7 Å². The van der Waals surface area contributed by atoms with Gasteiger partial charge in [0.15, 0.2) is 12.4 Å². The average Bonchev–Trinajstić information content (AvgIpc) is 2.78. The van der Waals surface area contributed by atoms with E-state index in [9.17, 15) is 24.5 Å². The van der Waals surface area contributed by atoms with Crippen LogP contribution in [-0.4, -0.2) is 29.2 Å². The summed E-state index contributed by atoms with van der Waals surface area (Å²) in [6, 6.07) is 16.1. The molecule has 32 heavy (non-hydrogen) atoms. The summed E-state index contributed by atoms with van der Waals surface area (Å²) in [5.74, 6) is -1.99. The van der Waals surface area contributed by atoms with Crippen molar-refractivity contribution in [3.8, 4) is 0 Å². The first-order valence-electron chi connectivity index (χ1n) is 9.06. The van der Waals surface area contributed by atoms with Gasteiger partial charge in [-0.25, -0.2) is 4.79 Å². The molecule has 0 radical (unpaired) electrons. The van der Waals surface area contributed by atoms with Gasteiger partial charge in [-0.1, -0.05) is 53.5 Å². The molecule has 3 aromatic rings. The molecule has 0 aliphatic heterocycles. The van der Waals surface area contributed by atoms with Crippen LogP contribution in [0.25, 0.3) is 0 Å². The predicted molar refractivity (Wildman–Crippen MR) is 118 cm³/mol. The molecule has 0 atom stereocenters. The molecular weight excluding hydrogens is 459 g/mol. The number of non-ortho nitro benzene ring substituents is 1. The highest BCUT2D eigenvalue weighted by atomic mass is 35.5. The number of carbonyl (C=O) groups is 3. The molecular formula is C22H14Cl2N2O6. The van der Waals surface area contributed by atoms with E-state index in [0.717, 1.165) is 18.2 Å². The number of nitro groups is 1. The van der Waals surface area contributed by atoms with Crippen LogP contribution in [0.2, 0.25) is 10.0 Å². The lowest BCUT2D eigenvalue weighted by Gasteiger charge is -2.12. The molecule has 0 bridgehead atoms. The number of benzene rings is 3. The van der Waals surface area contributed by atoms with Crippen molar-refractivity contribution in [3.05, 3.63) is 104 Å². The number of nitrogens with zero attached hydrogens (tertiary/aromatic N) is 1. The quantitative estimate of drug-likeness (QED) is 0.225. The van der Waals surface area contributed by atoms with E-state index in [0.29, 0.717) is 10.6 Å². The lowest BCUT2D eigenvalue weighted by atomic mass is 10.0. The van der Waals surface area contributed by atoms with Crippen LogP contribution in [0.15, 0.2) is 66.7 Å². The minimum absolute atomic E-state index is 0.128. The number of ketones is 1. The zero-order valence-corrected chi connectivity index (χ0v) is 17.7. The molecule has 3 rings (SSSR count). The second-order valence-electron chi connectivity index (χ2n) is 6.43. The van der Waals surface area contributed by atoms with Crippen molar-refractivity contribution in [2.24, 2.45) is 0 Å². The van der Waals surface area contributed by atoms with Crippen molar-refractivity contribution in [1.82, 2.24) is 0 Å². The number of rotatable bonds is 7. The summed E-state index contributed by atoms with van der Waals surface area (Å²) < 4.78 is 4.94. The Hall–Kier alpha value is -3.75. The molecule has 0 saturated heterocycles. The van der Waals surface area contributed by atoms with Gasteiger partial charge >= 0.3 is 5.97 Å². The molecule has 162 valence electrons. The summed E-state index contributed by atoms with van der Waals surface area (Å²) in [5, 5.41) is 13.4. The number of nitro benzene ring substituents is 1. The van der Waals surface area contributed by atoms with E-state index in [2.05, 4.69) is 5.32 Å². The second kappa shape index (κ2) is 10.0. The van der Waals surface area contributed by atoms with E-state index in [1.165, 1.54) is 18.2 Å². The Morgan fingerprint density at radius 1 is 0.938 bits per heavy atom. The molecule has 1 N–H and O–H groups in total. The minimum Gasteiger partial charge on any atom is -0.452 e. The third-order valence-electron chi connectivity index (χ3n) is 4.25. The summed E-state index contributed by atoms with van der Waals surface area (Å²) >= 11 is 11.9. The van der Waals surface area contributed by atoms with Gasteiger partial charge in [-0.15, -0.1) is 0 Å². The van der Waals surface area contributed by atoms with Gasteiger partial charge in [0.25, 0.3) is 11.6 Å². The molecule has 0 heterocycles. The average molecular weight is 473 g/mol. The monoisotopic (exact) mass is 472 g/mol. The number of ether oxygens (including phenoxy) is 1. The summed E-state index contributed by atoms with van der Waals surface area (Å²) in [6.45, 7) is -0.673. The highest BCUT2D eigenvalue weighted by Gasteiger charge is 2.19. The van der Waals surface area contributed by atoms with E-state index in [-0.39, 0.29) is 33.3 Å². The maximum Gasteiger partial charge on any atom is 0.340 e. The number of carbonyl (C=O) groups excluding carboxylic acids is 3. The molecule has 10 heteroatoms. The van der Waals surface area contributed by atoms with E-state index in [1.807, 2.05) is 0 Å². The van der Waals surface area contributed by atoms with Crippen LogP contribution in [0.3, 0.4) is 0 Å². The van der Waals surface area contributed by atoms with E-state index < -0.39 is 23.4 Å². The number of amides is 1. The van der Waals surface area contributed by atoms with Gasteiger partial charge in [0, 0.05) is 28.3 Å². The summed E-state index contributed by atoms with van der Waals surface area (Å²) in [7, 11) is 0. The van der Waals surface area contributed by atoms with Crippen LogP contribution in [0.1, 0.15) is 26.3 Å². The van der Waals surface area contributed by atoms with Crippen molar-refractivity contribution >= 4 is 52.2 Å². The van der Waals surface area contributed by atoms with Crippen LogP contribution in [0, 0.1) is 10.1 Å². The van der Waals surface area contributed by atoms with E-state index in [1.54, 1.807) is 30.3 Å². The van der Waals surface area contributed by atoms with Crippen LogP contribution in [0.5, 0.6) is 0 Å². The second-order valence-corrected chi connectivity index (χ2v) is 7.27. The first kappa shape index (κ1) is 22.9.